The highest BCUT2D eigenvalue weighted by atomic mass is 15.0. The number of rotatable bonds is 0. The Morgan fingerprint density at radius 2 is 0.944 bits per heavy atom. The van der Waals surface area contributed by atoms with E-state index in [4.69, 9.17) is 11.5 Å². The Morgan fingerprint density at radius 3 is 1.22 bits per heavy atom. The van der Waals surface area contributed by atoms with E-state index in [1.165, 1.54) is 38.5 Å². The molecule has 7 aliphatic carbocycles. The monoisotopic (exact) mass is 246 g/mol. The fraction of sp³-hybridized carbons (Fsp3) is 1.00. The summed E-state index contributed by atoms with van der Waals surface area (Å²) in [6.07, 6.45) is 8.04. The van der Waals surface area contributed by atoms with E-state index in [9.17, 15) is 0 Å². The molecule has 18 heavy (non-hydrogen) atoms. The van der Waals surface area contributed by atoms with Gasteiger partial charge in [-0.1, -0.05) is 13.8 Å². The van der Waals surface area contributed by atoms with Crippen LogP contribution in [0.4, 0.5) is 0 Å². The van der Waals surface area contributed by atoms with Gasteiger partial charge in [-0.3, -0.25) is 0 Å². The average molecular weight is 246 g/mol. The largest absolute Gasteiger partial charge is 0.325 e. The fourth-order valence-electron chi connectivity index (χ4n) is 7.96. The summed E-state index contributed by atoms with van der Waals surface area (Å²) in [6, 6.07) is 0. The zero-order chi connectivity index (χ0) is 12.6. The molecule has 0 heterocycles. The molecule has 4 atom stereocenters. The Hall–Kier alpha value is -0.0800. The quantitative estimate of drug-likeness (QED) is 0.689. The summed E-state index contributed by atoms with van der Waals surface area (Å²) in [6.45, 7) is 4.98. The van der Waals surface area contributed by atoms with Crippen molar-refractivity contribution in [2.24, 2.45) is 46.0 Å². The van der Waals surface area contributed by atoms with Crippen molar-refractivity contribution >= 4 is 0 Å². The highest BCUT2D eigenvalue weighted by molar-refractivity contribution is 5.31. The lowest BCUT2D eigenvalue weighted by Crippen LogP contribution is -2.85. The molecule has 0 aromatic rings. The Kier molecular flexibility index (Phi) is 1.45. The van der Waals surface area contributed by atoms with Gasteiger partial charge in [-0.2, -0.15) is 0 Å². The summed E-state index contributed by atoms with van der Waals surface area (Å²) < 4.78 is 0. The summed E-state index contributed by atoms with van der Waals surface area (Å²) >= 11 is 0. The van der Waals surface area contributed by atoms with Gasteiger partial charge in [0.25, 0.3) is 0 Å². The molecule has 4 unspecified atom stereocenters. The van der Waals surface area contributed by atoms with Crippen LogP contribution in [0.5, 0.6) is 0 Å². The Bertz CT molecular complexity index is 388. The summed E-state index contributed by atoms with van der Waals surface area (Å²) in [4.78, 5) is 0. The van der Waals surface area contributed by atoms with Crippen molar-refractivity contribution in [2.45, 2.75) is 63.5 Å². The van der Waals surface area contributed by atoms with Crippen molar-refractivity contribution in [1.82, 2.24) is 0 Å². The van der Waals surface area contributed by atoms with E-state index in [-0.39, 0.29) is 11.1 Å². The molecule has 7 aliphatic rings. The van der Waals surface area contributed by atoms with Crippen LogP contribution in [0, 0.1) is 34.5 Å². The molecule has 0 spiro atoms. The smallest absolute Gasteiger partial charge is 0.0223 e. The SMILES string of the molecule is CC12CC3C4CC5(C)CC(C(C1)C3(N)C5)C4(N)C2. The van der Waals surface area contributed by atoms with Crippen molar-refractivity contribution in [1.29, 1.82) is 0 Å². The van der Waals surface area contributed by atoms with Crippen LogP contribution in [0.25, 0.3) is 0 Å². The molecule has 100 valence electrons. The summed E-state index contributed by atoms with van der Waals surface area (Å²) in [5.74, 6) is 2.96. The van der Waals surface area contributed by atoms with Crippen LogP contribution >= 0.6 is 0 Å². The minimum atomic E-state index is 0.156. The van der Waals surface area contributed by atoms with Crippen molar-refractivity contribution in [3.63, 3.8) is 0 Å². The highest BCUT2D eigenvalue weighted by Gasteiger charge is 2.77. The Morgan fingerprint density at radius 1 is 0.667 bits per heavy atom. The van der Waals surface area contributed by atoms with E-state index in [2.05, 4.69) is 13.8 Å². The lowest BCUT2D eigenvalue weighted by Gasteiger charge is -2.80. The van der Waals surface area contributed by atoms with Crippen molar-refractivity contribution in [3.8, 4) is 0 Å². The first kappa shape index (κ1) is 10.7. The molecule has 0 radical (unpaired) electrons. The van der Waals surface area contributed by atoms with Crippen molar-refractivity contribution < 1.29 is 0 Å². The fourth-order valence-corrected chi connectivity index (χ4v) is 7.96. The van der Waals surface area contributed by atoms with Gasteiger partial charge in [0.05, 0.1) is 0 Å². The van der Waals surface area contributed by atoms with Gasteiger partial charge in [0, 0.05) is 11.1 Å². The molecule has 8 bridgehead atoms. The number of nitrogens with two attached hydrogens (primary N) is 2. The van der Waals surface area contributed by atoms with Gasteiger partial charge in [0.15, 0.2) is 0 Å². The molecular formula is C16H26N2. The molecule has 0 amide bonds. The second-order valence-electron chi connectivity index (χ2n) is 9.44. The third-order valence-electron chi connectivity index (χ3n) is 8.05. The minimum Gasteiger partial charge on any atom is -0.325 e. The molecule has 4 N–H and O–H groups in total. The van der Waals surface area contributed by atoms with Crippen LogP contribution in [-0.4, -0.2) is 11.1 Å². The maximum absolute atomic E-state index is 7.00. The molecule has 0 aromatic carbocycles. The zero-order valence-electron chi connectivity index (χ0n) is 11.7. The van der Waals surface area contributed by atoms with Crippen molar-refractivity contribution in [2.75, 3.05) is 0 Å². The zero-order valence-corrected chi connectivity index (χ0v) is 11.7. The lowest BCUT2D eigenvalue weighted by molar-refractivity contribution is -0.268. The topological polar surface area (TPSA) is 52.0 Å². The third kappa shape index (κ3) is 0.867. The molecule has 0 saturated heterocycles. The molecule has 0 aliphatic heterocycles. The van der Waals surface area contributed by atoms with E-state index < -0.39 is 0 Å². The van der Waals surface area contributed by atoms with Crippen LogP contribution < -0.4 is 11.5 Å². The standard InChI is InChI=1S/C16H26N2/c1-13-3-9-11-5-14(2)6-12(15(11,17)7-13)10(4-13)16(9,18)8-14/h9-12H,3-8,17-18H2,1-2H3. The normalized spacial score (nSPS) is 75.3. The second-order valence-corrected chi connectivity index (χ2v) is 9.44. The van der Waals surface area contributed by atoms with Crippen LogP contribution in [0.15, 0.2) is 0 Å². The Labute approximate surface area is 110 Å². The van der Waals surface area contributed by atoms with Gasteiger partial charge in [0.1, 0.15) is 0 Å². The Balaban J connectivity index is 1.76. The van der Waals surface area contributed by atoms with Gasteiger partial charge >= 0.3 is 0 Å². The molecule has 7 fully saturated rings. The predicted molar refractivity (Wildman–Crippen MR) is 71.7 cm³/mol. The predicted octanol–water partition coefficient (Wildman–Crippen LogP) is 2.27. The van der Waals surface area contributed by atoms with Gasteiger partial charge < -0.3 is 11.5 Å². The van der Waals surface area contributed by atoms with E-state index in [1.54, 1.807) is 0 Å². The summed E-state index contributed by atoms with van der Waals surface area (Å²) in [5.41, 5.74) is 15.4. The number of hydrogen-bond donors (Lipinski definition) is 2. The van der Waals surface area contributed by atoms with Gasteiger partial charge in [-0.25, -0.2) is 0 Å². The summed E-state index contributed by atoms with van der Waals surface area (Å²) in [5, 5.41) is 0. The average Bonchev–Trinajstić information content (AvgIpc) is 2.23. The van der Waals surface area contributed by atoms with Crippen LogP contribution in [0.3, 0.4) is 0 Å². The molecular weight excluding hydrogens is 220 g/mol. The first-order valence-electron chi connectivity index (χ1n) is 7.86. The molecule has 2 nitrogen and oxygen atoms in total. The first-order valence-corrected chi connectivity index (χ1v) is 7.86. The van der Waals surface area contributed by atoms with Gasteiger partial charge in [0.2, 0.25) is 0 Å². The van der Waals surface area contributed by atoms with Crippen molar-refractivity contribution in [3.05, 3.63) is 0 Å². The second kappa shape index (κ2) is 2.44. The first-order chi connectivity index (χ1) is 8.28. The maximum atomic E-state index is 7.00. The molecule has 0 aromatic heterocycles. The highest BCUT2D eigenvalue weighted by Crippen LogP contribution is 2.77. The van der Waals surface area contributed by atoms with E-state index in [1.807, 2.05) is 0 Å². The van der Waals surface area contributed by atoms with E-state index in [0.717, 1.165) is 23.7 Å². The van der Waals surface area contributed by atoms with Crippen LogP contribution in [0.2, 0.25) is 0 Å². The van der Waals surface area contributed by atoms with Crippen LogP contribution in [-0.2, 0) is 0 Å². The van der Waals surface area contributed by atoms with E-state index in [0.29, 0.717) is 10.8 Å². The molecule has 7 saturated carbocycles. The van der Waals surface area contributed by atoms with Crippen LogP contribution in [0.1, 0.15) is 52.4 Å². The maximum Gasteiger partial charge on any atom is 0.0223 e. The molecule has 2 heteroatoms. The minimum absolute atomic E-state index is 0.156. The lowest BCUT2D eigenvalue weighted by atomic mass is 9.27. The third-order valence-corrected chi connectivity index (χ3v) is 8.05. The molecule has 7 rings (SSSR count). The van der Waals surface area contributed by atoms with Gasteiger partial charge in [-0.15, -0.1) is 0 Å². The van der Waals surface area contributed by atoms with Gasteiger partial charge in [-0.05, 0) is 73.0 Å². The number of hydrogen-bond acceptors (Lipinski definition) is 2. The van der Waals surface area contributed by atoms with E-state index >= 15 is 0 Å². The summed E-state index contributed by atoms with van der Waals surface area (Å²) in [7, 11) is 0.